The Kier molecular flexibility index (Phi) is 7.20. The van der Waals surface area contributed by atoms with E-state index in [2.05, 4.69) is 15.2 Å². The number of aryl methyl sites for hydroxylation is 2. The fourth-order valence-corrected chi connectivity index (χ4v) is 2.41. The second kappa shape index (κ2) is 9.38. The zero-order chi connectivity index (χ0) is 19.1. The first-order chi connectivity index (χ1) is 12.4. The maximum absolute atomic E-state index is 12.4. The highest BCUT2D eigenvalue weighted by molar-refractivity contribution is 6.31. The highest BCUT2D eigenvalue weighted by Gasteiger charge is 2.14. The zero-order valence-electron chi connectivity index (χ0n) is 14.5. The SMILES string of the molecule is CCOc1cc(C(=O)NCCCn2cc(Cl)c(C)n2)ccc1OC(F)F. The lowest BCUT2D eigenvalue weighted by Crippen LogP contribution is -2.25. The van der Waals surface area contributed by atoms with Crippen molar-refractivity contribution < 1.29 is 23.0 Å². The first-order valence-corrected chi connectivity index (χ1v) is 8.48. The number of hydrogen-bond donors (Lipinski definition) is 1. The van der Waals surface area contributed by atoms with Crippen molar-refractivity contribution in [2.24, 2.45) is 0 Å². The molecule has 0 unspecified atom stereocenters. The van der Waals surface area contributed by atoms with Crippen LogP contribution in [0.4, 0.5) is 8.78 Å². The molecule has 9 heteroatoms. The lowest BCUT2D eigenvalue weighted by molar-refractivity contribution is -0.0514. The molecule has 2 rings (SSSR count). The van der Waals surface area contributed by atoms with Crippen molar-refractivity contribution in [3.8, 4) is 11.5 Å². The number of hydrogen-bond acceptors (Lipinski definition) is 4. The molecular weight excluding hydrogens is 368 g/mol. The average molecular weight is 388 g/mol. The first-order valence-electron chi connectivity index (χ1n) is 8.10. The number of carbonyl (C=O) groups excluding carboxylic acids is 1. The molecule has 6 nitrogen and oxygen atoms in total. The van der Waals surface area contributed by atoms with Crippen LogP contribution < -0.4 is 14.8 Å². The Balaban J connectivity index is 1.90. The summed E-state index contributed by atoms with van der Waals surface area (Å²) in [4.78, 5) is 12.2. The van der Waals surface area contributed by atoms with Crippen molar-refractivity contribution in [2.45, 2.75) is 33.4 Å². The first kappa shape index (κ1) is 20.0. The third-order valence-corrected chi connectivity index (χ3v) is 3.83. The van der Waals surface area contributed by atoms with E-state index in [1.54, 1.807) is 17.8 Å². The topological polar surface area (TPSA) is 65.4 Å². The molecule has 0 atom stereocenters. The van der Waals surface area contributed by atoms with Gasteiger partial charge in [-0.15, -0.1) is 0 Å². The summed E-state index contributed by atoms with van der Waals surface area (Å²) < 4.78 is 36.2. The molecule has 0 aliphatic carbocycles. The number of nitrogens with one attached hydrogen (secondary N) is 1. The number of rotatable bonds is 9. The number of ether oxygens (including phenoxy) is 2. The van der Waals surface area contributed by atoms with Crippen molar-refractivity contribution in [1.29, 1.82) is 0 Å². The van der Waals surface area contributed by atoms with Gasteiger partial charge in [-0.3, -0.25) is 9.48 Å². The van der Waals surface area contributed by atoms with E-state index in [0.717, 1.165) is 5.69 Å². The van der Waals surface area contributed by atoms with Crippen molar-refractivity contribution in [3.05, 3.63) is 40.7 Å². The Labute approximate surface area is 155 Å². The van der Waals surface area contributed by atoms with Gasteiger partial charge in [-0.05, 0) is 38.5 Å². The van der Waals surface area contributed by atoms with E-state index in [1.807, 2.05) is 6.92 Å². The Morgan fingerprint density at radius 3 is 2.77 bits per heavy atom. The Hall–Kier alpha value is -2.35. The van der Waals surface area contributed by atoms with Crippen LogP contribution in [-0.4, -0.2) is 35.5 Å². The molecule has 142 valence electrons. The van der Waals surface area contributed by atoms with Gasteiger partial charge in [0.1, 0.15) is 0 Å². The van der Waals surface area contributed by atoms with Crippen LogP contribution in [0.25, 0.3) is 0 Å². The number of benzene rings is 1. The third-order valence-electron chi connectivity index (χ3n) is 3.46. The van der Waals surface area contributed by atoms with Crippen LogP contribution >= 0.6 is 11.6 Å². The van der Waals surface area contributed by atoms with Gasteiger partial charge in [0.2, 0.25) is 0 Å². The van der Waals surface area contributed by atoms with Gasteiger partial charge in [-0.1, -0.05) is 11.6 Å². The van der Waals surface area contributed by atoms with E-state index in [9.17, 15) is 13.6 Å². The van der Waals surface area contributed by atoms with Gasteiger partial charge in [0, 0.05) is 24.8 Å². The Bertz CT molecular complexity index is 733. The van der Waals surface area contributed by atoms with E-state index < -0.39 is 6.61 Å². The van der Waals surface area contributed by atoms with Gasteiger partial charge in [0.25, 0.3) is 5.91 Å². The zero-order valence-corrected chi connectivity index (χ0v) is 15.2. The summed E-state index contributed by atoms with van der Waals surface area (Å²) >= 11 is 5.94. The van der Waals surface area contributed by atoms with Crippen LogP contribution in [-0.2, 0) is 6.54 Å². The molecule has 0 spiro atoms. The van der Waals surface area contributed by atoms with Gasteiger partial charge in [0.05, 0.1) is 17.3 Å². The Morgan fingerprint density at radius 2 is 2.15 bits per heavy atom. The minimum Gasteiger partial charge on any atom is -0.490 e. The number of carbonyl (C=O) groups is 1. The average Bonchev–Trinajstić information content (AvgIpc) is 2.91. The van der Waals surface area contributed by atoms with E-state index in [4.69, 9.17) is 16.3 Å². The summed E-state index contributed by atoms with van der Waals surface area (Å²) in [7, 11) is 0. The molecular formula is C17H20ClF2N3O3. The van der Waals surface area contributed by atoms with E-state index in [-0.39, 0.29) is 24.0 Å². The quantitative estimate of drug-likeness (QED) is 0.667. The normalized spacial score (nSPS) is 10.8. The predicted octanol–water partition coefficient (Wildman–Crippen LogP) is 3.67. The minimum atomic E-state index is -2.96. The molecule has 1 aromatic heterocycles. The molecule has 2 aromatic rings. The summed E-state index contributed by atoms with van der Waals surface area (Å²) in [6, 6.07) is 4.08. The predicted molar refractivity (Wildman–Crippen MR) is 93.2 cm³/mol. The fraction of sp³-hybridized carbons (Fsp3) is 0.412. The molecule has 1 aromatic carbocycles. The summed E-state index contributed by atoms with van der Waals surface area (Å²) in [6.07, 6.45) is 2.39. The molecule has 1 heterocycles. The maximum atomic E-state index is 12.4. The summed E-state index contributed by atoms with van der Waals surface area (Å²) in [5.74, 6) is -0.337. The van der Waals surface area contributed by atoms with Crippen molar-refractivity contribution >= 4 is 17.5 Å². The molecule has 0 saturated heterocycles. The van der Waals surface area contributed by atoms with Crippen molar-refractivity contribution in [3.63, 3.8) is 0 Å². The lowest BCUT2D eigenvalue weighted by atomic mass is 10.2. The molecule has 0 saturated carbocycles. The lowest BCUT2D eigenvalue weighted by Gasteiger charge is -2.13. The molecule has 0 aliphatic heterocycles. The third kappa shape index (κ3) is 5.59. The number of halogens is 3. The maximum Gasteiger partial charge on any atom is 0.387 e. The largest absolute Gasteiger partial charge is 0.490 e. The van der Waals surface area contributed by atoms with E-state index in [1.165, 1.54) is 18.2 Å². The van der Waals surface area contributed by atoms with Crippen LogP contribution in [0.3, 0.4) is 0 Å². The molecule has 1 N–H and O–H groups in total. The Morgan fingerprint density at radius 1 is 1.38 bits per heavy atom. The van der Waals surface area contributed by atoms with Crippen LogP contribution in [0.15, 0.2) is 24.4 Å². The standard InChI is InChI=1S/C17H20ClF2N3O3/c1-3-25-15-9-12(5-6-14(15)26-17(19)20)16(24)21-7-4-8-23-10-13(18)11(2)22-23/h5-6,9-10,17H,3-4,7-8H2,1-2H3,(H,21,24). The number of aromatic nitrogens is 2. The van der Waals surface area contributed by atoms with Gasteiger partial charge in [0.15, 0.2) is 11.5 Å². The van der Waals surface area contributed by atoms with Crippen molar-refractivity contribution in [1.82, 2.24) is 15.1 Å². The minimum absolute atomic E-state index is 0.0992. The molecule has 0 aliphatic rings. The molecule has 26 heavy (non-hydrogen) atoms. The summed E-state index contributed by atoms with van der Waals surface area (Å²) in [5.41, 5.74) is 1.05. The monoisotopic (exact) mass is 387 g/mol. The van der Waals surface area contributed by atoms with Crippen LogP contribution in [0.5, 0.6) is 11.5 Å². The van der Waals surface area contributed by atoms with Gasteiger partial charge in [-0.2, -0.15) is 13.9 Å². The van der Waals surface area contributed by atoms with Gasteiger partial charge < -0.3 is 14.8 Å². The van der Waals surface area contributed by atoms with Gasteiger partial charge >= 0.3 is 6.61 Å². The molecule has 0 fully saturated rings. The number of alkyl halides is 2. The van der Waals surface area contributed by atoms with Crippen molar-refractivity contribution in [2.75, 3.05) is 13.2 Å². The molecule has 0 radical (unpaired) electrons. The second-order valence-electron chi connectivity index (χ2n) is 5.41. The van der Waals surface area contributed by atoms with Gasteiger partial charge in [-0.25, -0.2) is 0 Å². The number of nitrogens with zero attached hydrogens (tertiary/aromatic N) is 2. The fourth-order valence-electron chi connectivity index (χ4n) is 2.26. The smallest absolute Gasteiger partial charge is 0.387 e. The highest BCUT2D eigenvalue weighted by atomic mass is 35.5. The molecule has 1 amide bonds. The second-order valence-corrected chi connectivity index (χ2v) is 5.82. The van der Waals surface area contributed by atoms with Crippen LogP contribution in [0.2, 0.25) is 5.02 Å². The van der Waals surface area contributed by atoms with Crippen LogP contribution in [0, 0.1) is 6.92 Å². The summed E-state index contributed by atoms with van der Waals surface area (Å²) in [5, 5.41) is 7.59. The highest BCUT2D eigenvalue weighted by Crippen LogP contribution is 2.29. The molecule has 0 bridgehead atoms. The van der Waals surface area contributed by atoms with E-state index in [0.29, 0.717) is 30.1 Å². The number of amides is 1. The van der Waals surface area contributed by atoms with E-state index >= 15 is 0 Å². The summed E-state index contributed by atoms with van der Waals surface area (Å²) in [6.45, 7) is 1.86. The van der Waals surface area contributed by atoms with Crippen LogP contribution in [0.1, 0.15) is 29.4 Å².